The molecule has 2 aliphatic carbocycles. The molecule has 0 bridgehead atoms. The topological polar surface area (TPSA) is 0 Å². The van der Waals surface area contributed by atoms with Crippen LogP contribution in [-0.2, 0) is 0 Å². The molecule has 0 saturated heterocycles. The Hall–Kier alpha value is -1.44. The number of allylic oxidation sites excluding steroid dienone is 4. The predicted molar refractivity (Wildman–Crippen MR) is 129 cm³/mol. The molecule has 0 atom stereocenters. The molecule has 1 fully saturated rings. The van der Waals surface area contributed by atoms with Gasteiger partial charge in [0.15, 0.2) is 0 Å². The highest BCUT2D eigenvalue weighted by Crippen LogP contribution is 2.40. The maximum atomic E-state index is 13.9. The summed E-state index contributed by atoms with van der Waals surface area (Å²) < 4.78 is 27.8. The minimum absolute atomic E-state index is 0.111. The summed E-state index contributed by atoms with van der Waals surface area (Å²) in [6, 6.07) is 2.97. The third kappa shape index (κ3) is 7.29. The molecule has 2 aliphatic rings. The maximum absolute atomic E-state index is 13.9. The van der Waals surface area contributed by atoms with Crippen molar-refractivity contribution in [1.82, 2.24) is 0 Å². The Bertz CT molecular complexity index is 727. The second-order valence-electron chi connectivity index (χ2n) is 9.98. The lowest BCUT2D eigenvalue weighted by atomic mass is 9.74. The van der Waals surface area contributed by atoms with Crippen LogP contribution in [0.2, 0.25) is 0 Å². The van der Waals surface area contributed by atoms with Gasteiger partial charge in [-0.2, -0.15) is 0 Å². The van der Waals surface area contributed by atoms with Gasteiger partial charge in [0, 0.05) is 5.56 Å². The van der Waals surface area contributed by atoms with Crippen molar-refractivity contribution in [2.24, 2.45) is 11.8 Å². The van der Waals surface area contributed by atoms with E-state index in [-0.39, 0.29) is 5.56 Å². The van der Waals surface area contributed by atoms with Gasteiger partial charge in [0.25, 0.3) is 0 Å². The molecule has 1 aromatic carbocycles. The molecule has 3 rings (SSSR count). The second-order valence-corrected chi connectivity index (χ2v) is 9.98. The largest absolute Gasteiger partial charge is 0.207 e. The van der Waals surface area contributed by atoms with Gasteiger partial charge in [-0.3, -0.25) is 0 Å². The second kappa shape index (κ2) is 12.6. The van der Waals surface area contributed by atoms with Crippen molar-refractivity contribution < 1.29 is 8.78 Å². The summed E-state index contributed by atoms with van der Waals surface area (Å²) in [5.41, 5.74) is 3.43. The third-order valence-corrected chi connectivity index (χ3v) is 7.67. The monoisotopic (exact) mass is 428 g/mol. The van der Waals surface area contributed by atoms with Crippen molar-refractivity contribution in [3.63, 3.8) is 0 Å². The summed E-state index contributed by atoms with van der Waals surface area (Å²) in [6.45, 7) is 3.77. The zero-order chi connectivity index (χ0) is 22.1. The van der Waals surface area contributed by atoms with Crippen LogP contribution in [0, 0.1) is 30.4 Å². The molecule has 0 heterocycles. The van der Waals surface area contributed by atoms with Crippen LogP contribution in [0.4, 0.5) is 8.78 Å². The van der Waals surface area contributed by atoms with Crippen molar-refractivity contribution in [2.75, 3.05) is 0 Å². The number of unbranched alkanes of at least 4 members (excludes halogenated alkanes) is 7. The number of rotatable bonds is 11. The molecular formula is C29H42F2. The molecular weight excluding hydrogens is 386 g/mol. The van der Waals surface area contributed by atoms with Crippen LogP contribution in [0.5, 0.6) is 0 Å². The van der Waals surface area contributed by atoms with Gasteiger partial charge >= 0.3 is 0 Å². The molecule has 0 aliphatic heterocycles. The van der Waals surface area contributed by atoms with E-state index in [4.69, 9.17) is 0 Å². The van der Waals surface area contributed by atoms with Gasteiger partial charge in [-0.1, -0.05) is 82.4 Å². The summed E-state index contributed by atoms with van der Waals surface area (Å²) >= 11 is 0. The van der Waals surface area contributed by atoms with E-state index < -0.39 is 11.6 Å². The number of benzene rings is 1. The molecule has 0 aromatic heterocycles. The van der Waals surface area contributed by atoms with E-state index in [1.165, 1.54) is 103 Å². The van der Waals surface area contributed by atoms with Crippen LogP contribution in [0.1, 0.15) is 114 Å². The summed E-state index contributed by atoms with van der Waals surface area (Å²) in [7, 11) is 0. The highest BCUT2D eigenvalue weighted by molar-refractivity contribution is 5.69. The van der Waals surface area contributed by atoms with E-state index in [1.807, 2.05) is 0 Å². The van der Waals surface area contributed by atoms with E-state index in [2.05, 4.69) is 19.1 Å². The van der Waals surface area contributed by atoms with Crippen molar-refractivity contribution in [1.29, 1.82) is 0 Å². The predicted octanol–water partition coefficient (Wildman–Crippen LogP) is 9.71. The first-order chi connectivity index (χ1) is 15.1. The summed E-state index contributed by atoms with van der Waals surface area (Å²) in [6.07, 6.45) is 24.4. The molecule has 1 saturated carbocycles. The number of hydrogen-bond acceptors (Lipinski definition) is 0. The average Bonchev–Trinajstić information content (AvgIpc) is 2.79. The highest BCUT2D eigenvalue weighted by atomic mass is 19.1. The molecule has 0 amide bonds. The fourth-order valence-electron chi connectivity index (χ4n) is 5.45. The normalized spacial score (nSPS) is 21.7. The van der Waals surface area contributed by atoms with E-state index in [0.29, 0.717) is 5.56 Å². The van der Waals surface area contributed by atoms with Crippen LogP contribution in [0.25, 0.3) is 5.57 Å². The maximum Gasteiger partial charge on any atom is 0.129 e. The van der Waals surface area contributed by atoms with E-state index in [9.17, 15) is 8.78 Å². The Labute approximate surface area is 189 Å². The lowest BCUT2D eigenvalue weighted by Gasteiger charge is -2.31. The van der Waals surface area contributed by atoms with E-state index >= 15 is 0 Å². The fraction of sp³-hybridized carbons (Fsp3) is 0.655. The van der Waals surface area contributed by atoms with Gasteiger partial charge in [0.2, 0.25) is 0 Å². The molecule has 0 radical (unpaired) electrons. The smallest absolute Gasteiger partial charge is 0.129 e. The molecule has 1 aromatic rings. The third-order valence-electron chi connectivity index (χ3n) is 7.67. The first kappa shape index (κ1) is 24.2. The summed E-state index contributed by atoms with van der Waals surface area (Å²) in [5.74, 6) is 0.769. The Morgan fingerprint density at radius 3 is 1.97 bits per heavy atom. The van der Waals surface area contributed by atoms with Gasteiger partial charge in [-0.05, 0) is 80.6 Å². The Morgan fingerprint density at radius 1 is 0.774 bits per heavy atom. The SMILES string of the molecule is CCCCCCCCCCC1CCC(C2=CC=C(c3cc(F)c(C)c(F)c3)CC2)CC1. The number of hydrogen-bond donors (Lipinski definition) is 0. The molecule has 2 heteroatoms. The first-order valence-electron chi connectivity index (χ1n) is 12.9. The molecule has 0 unspecified atom stereocenters. The zero-order valence-corrected chi connectivity index (χ0v) is 19.8. The van der Waals surface area contributed by atoms with E-state index in [1.54, 1.807) is 5.57 Å². The van der Waals surface area contributed by atoms with Gasteiger partial charge in [0.05, 0.1) is 0 Å². The summed E-state index contributed by atoms with van der Waals surface area (Å²) in [4.78, 5) is 0. The van der Waals surface area contributed by atoms with Gasteiger partial charge in [-0.25, -0.2) is 8.78 Å². The standard InChI is InChI=1S/C29H42F2/c1-3-4-5-6-7-8-9-10-11-23-12-14-24(15-13-23)25-16-18-26(19-17-25)27-20-28(30)22(2)29(31)21-27/h16,18,20-21,23-24H,3-15,17,19H2,1-2H3. The Balaban J connectivity index is 1.38. The fourth-order valence-corrected chi connectivity index (χ4v) is 5.45. The van der Waals surface area contributed by atoms with Gasteiger partial charge < -0.3 is 0 Å². The quantitative estimate of drug-likeness (QED) is 0.308. The molecule has 0 nitrogen and oxygen atoms in total. The molecule has 0 spiro atoms. The average molecular weight is 429 g/mol. The Morgan fingerprint density at radius 2 is 1.39 bits per heavy atom. The zero-order valence-electron chi connectivity index (χ0n) is 19.8. The lowest BCUT2D eigenvalue weighted by Crippen LogP contribution is -2.17. The van der Waals surface area contributed by atoms with Crippen LogP contribution < -0.4 is 0 Å². The van der Waals surface area contributed by atoms with Crippen LogP contribution in [-0.4, -0.2) is 0 Å². The first-order valence-corrected chi connectivity index (χ1v) is 12.9. The van der Waals surface area contributed by atoms with Crippen molar-refractivity contribution in [2.45, 2.75) is 110 Å². The van der Waals surface area contributed by atoms with Crippen molar-refractivity contribution >= 4 is 5.57 Å². The van der Waals surface area contributed by atoms with Crippen LogP contribution in [0.3, 0.4) is 0 Å². The van der Waals surface area contributed by atoms with Gasteiger partial charge in [0.1, 0.15) is 11.6 Å². The minimum atomic E-state index is -0.444. The minimum Gasteiger partial charge on any atom is -0.207 e. The lowest BCUT2D eigenvalue weighted by molar-refractivity contribution is 0.278. The van der Waals surface area contributed by atoms with Crippen LogP contribution in [0.15, 0.2) is 29.9 Å². The molecule has 31 heavy (non-hydrogen) atoms. The Kier molecular flexibility index (Phi) is 9.81. The highest BCUT2D eigenvalue weighted by Gasteiger charge is 2.24. The van der Waals surface area contributed by atoms with Crippen molar-refractivity contribution in [3.05, 3.63) is 52.6 Å². The summed E-state index contributed by atoms with van der Waals surface area (Å²) in [5, 5.41) is 0. The number of halogens is 2. The van der Waals surface area contributed by atoms with Crippen LogP contribution >= 0.6 is 0 Å². The molecule has 172 valence electrons. The van der Waals surface area contributed by atoms with Gasteiger partial charge in [-0.15, -0.1) is 0 Å². The molecule has 0 N–H and O–H groups in total. The van der Waals surface area contributed by atoms with Crippen molar-refractivity contribution in [3.8, 4) is 0 Å². The van der Waals surface area contributed by atoms with E-state index in [0.717, 1.165) is 30.3 Å².